The number of carbonyl (C=O) groups is 2. The fourth-order valence-corrected chi connectivity index (χ4v) is 4.63. The fourth-order valence-electron chi connectivity index (χ4n) is 4.33. The van der Waals surface area contributed by atoms with E-state index in [0.717, 1.165) is 19.4 Å². The van der Waals surface area contributed by atoms with Crippen LogP contribution in [0.3, 0.4) is 0 Å². The molecule has 2 aromatic rings. The average Bonchev–Trinajstić information content (AvgIpc) is 2.81. The number of hydrogen-bond acceptors (Lipinski definition) is 4. The van der Waals surface area contributed by atoms with Crippen molar-refractivity contribution in [3.05, 3.63) is 52.0 Å². The highest BCUT2D eigenvalue weighted by Crippen LogP contribution is 2.34. The predicted octanol–water partition coefficient (Wildman–Crippen LogP) is 5.11. The van der Waals surface area contributed by atoms with Gasteiger partial charge in [0.15, 0.2) is 0 Å². The number of hydrogen-bond donors (Lipinski definition) is 3. The summed E-state index contributed by atoms with van der Waals surface area (Å²) in [5.74, 6) is -0.0745. The highest BCUT2D eigenvalue weighted by Gasteiger charge is 2.26. The first-order valence-corrected chi connectivity index (χ1v) is 12.5. The largest absolute Gasteiger partial charge is 0.507 e. The van der Waals surface area contributed by atoms with Gasteiger partial charge >= 0.3 is 0 Å². The van der Waals surface area contributed by atoms with E-state index in [9.17, 15) is 14.7 Å². The number of carbonyl (C=O) groups excluding carboxylic acids is 2. The maximum absolute atomic E-state index is 13.2. The zero-order valence-electron chi connectivity index (χ0n) is 19.7. The van der Waals surface area contributed by atoms with Crippen LogP contribution in [0.15, 0.2) is 36.4 Å². The third-order valence-corrected chi connectivity index (χ3v) is 7.00. The van der Waals surface area contributed by atoms with Gasteiger partial charge in [-0.25, -0.2) is 0 Å². The van der Waals surface area contributed by atoms with Crippen LogP contribution in [0.4, 0.5) is 0 Å². The van der Waals surface area contributed by atoms with Crippen LogP contribution in [-0.2, 0) is 4.79 Å². The van der Waals surface area contributed by atoms with Crippen molar-refractivity contribution in [3.63, 3.8) is 0 Å². The van der Waals surface area contributed by atoms with E-state index >= 15 is 0 Å². The van der Waals surface area contributed by atoms with Gasteiger partial charge in [0, 0.05) is 24.2 Å². The minimum Gasteiger partial charge on any atom is -0.507 e. The molecule has 0 radical (unpaired) electrons. The summed E-state index contributed by atoms with van der Waals surface area (Å²) < 4.78 is 0. The van der Waals surface area contributed by atoms with Gasteiger partial charge in [0.2, 0.25) is 5.91 Å². The maximum Gasteiger partial charge on any atom is 0.251 e. The molecule has 0 saturated heterocycles. The van der Waals surface area contributed by atoms with Crippen LogP contribution in [0.2, 0.25) is 10.0 Å². The molecule has 1 aliphatic rings. The molecule has 1 fully saturated rings. The summed E-state index contributed by atoms with van der Waals surface area (Å²) in [5, 5.41) is 17.0. The molecule has 0 spiro atoms. The molecule has 8 heteroatoms. The van der Waals surface area contributed by atoms with Crippen molar-refractivity contribution >= 4 is 35.0 Å². The molecule has 0 heterocycles. The van der Waals surface area contributed by atoms with Gasteiger partial charge in [0.05, 0.1) is 10.0 Å². The van der Waals surface area contributed by atoms with Crippen LogP contribution >= 0.6 is 23.2 Å². The lowest BCUT2D eigenvalue weighted by atomic mass is 9.84. The van der Waals surface area contributed by atoms with Crippen LogP contribution in [0, 0.1) is 5.92 Å². The molecule has 0 aliphatic heterocycles. The zero-order valence-corrected chi connectivity index (χ0v) is 21.3. The SMILES string of the molecule is CN(C)CCNC(=O)[C@H](CC1CCCCC1)NC(=O)c1ccc(O)c(-c2ccc(Cl)c(Cl)c2)c1. The maximum atomic E-state index is 13.2. The molecule has 1 aliphatic carbocycles. The topological polar surface area (TPSA) is 81.7 Å². The number of phenolic OH excluding ortho intramolecular Hbond substituents is 1. The van der Waals surface area contributed by atoms with E-state index in [1.54, 1.807) is 30.3 Å². The fraction of sp³-hybridized carbons (Fsp3) is 0.462. The van der Waals surface area contributed by atoms with Crippen molar-refractivity contribution in [1.82, 2.24) is 15.5 Å². The molecule has 1 saturated carbocycles. The van der Waals surface area contributed by atoms with Crippen molar-refractivity contribution < 1.29 is 14.7 Å². The lowest BCUT2D eigenvalue weighted by molar-refractivity contribution is -0.123. The quantitative estimate of drug-likeness (QED) is 0.442. The second-order valence-corrected chi connectivity index (χ2v) is 10.0. The van der Waals surface area contributed by atoms with E-state index in [0.29, 0.717) is 45.6 Å². The smallest absolute Gasteiger partial charge is 0.251 e. The van der Waals surface area contributed by atoms with Crippen molar-refractivity contribution in [1.29, 1.82) is 0 Å². The van der Waals surface area contributed by atoms with Crippen molar-refractivity contribution in [2.24, 2.45) is 5.92 Å². The monoisotopic (exact) mass is 505 g/mol. The molecular formula is C26H33Cl2N3O3. The Morgan fingerprint density at radius 3 is 2.47 bits per heavy atom. The molecule has 3 N–H and O–H groups in total. The molecule has 0 bridgehead atoms. The van der Waals surface area contributed by atoms with E-state index in [1.165, 1.54) is 25.3 Å². The van der Waals surface area contributed by atoms with Gasteiger partial charge in [-0.3, -0.25) is 9.59 Å². The third kappa shape index (κ3) is 7.36. The zero-order chi connectivity index (χ0) is 24.7. The summed E-state index contributed by atoms with van der Waals surface area (Å²) in [5.41, 5.74) is 1.46. The Labute approximate surface area is 211 Å². The van der Waals surface area contributed by atoms with Gasteiger partial charge in [-0.15, -0.1) is 0 Å². The molecule has 184 valence electrons. The summed E-state index contributed by atoms with van der Waals surface area (Å²) in [6.07, 6.45) is 6.35. The van der Waals surface area contributed by atoms with E-state index < -0.39 is 6.04 Å². The summed E-state index contributed by atoms with van der Waals surface area (Å²) in [4.78, 5) is 28.1. The van der Waals surface area contributed by atoms with Gasteiger partial charge in [0.25, 0.3) is 5.91 Å². The van der Waals surface area contributed by atoms with Gasteiger partial charge in [-0.2, -0.15) is 0 Å². The number of nitrogens with one attached hydrogen (secondary N) is 2. The Bertz CT molecular complexity index is 1010. The highest BCUT2D eigenvalue weighted by atomic mass is 35.5. The molecule has 1 atom stereocenters. The number of nitrogens with zero attached hydrogens (tertiary/aromatic N) is 1. The van der Waals surface area contributed by atoms with Crippen molar-refractivity contribution in [2.45, 2.75) is 44.6 Å². The Balaban J connectivity index is 1.77. The second kappa shape index (κ2) is 12.4. The van der Waals surface area contributed by atoms with E-state index in [4.69, 9.17) is 23.2 Å². The number of phenols is 1. The molecule has 34 heavy (non-hydrogen) atoms. The summed E-state index contributed by atoms with van der Waals surface area (Å²) in [6, 6.07) is 9.03. The number of benzene rings is 2. The van der Waals surface area contributed by atoms with Crippen LogP contribution < -0.4 is 10.6 Å². The van der Waals surface area contributed by atoms with Crippen LogP contribution in [-0.4, -0.2) is 55.0 Å². The minimum atomic E-state index is -0.611. The number of halogens is 2. The third-order valence-electron chi connectivity index (χ3n) is 6.26. The molecular weight excluding hydrogens is 473 g/mol. The van der Waals surface area contributed by atoms with E-state index in [2.05, 4.69) is 10.6 Å². The first kappa shape index (κ1) is 26.3. The summed E-state index contributed by atoms with van der Waals surface area (Å²) in [6.45, 7) is 1.24. The Kier molecular flexibility index (Phi) is 9.63. The van der Waals surface area contributed by atoms with Gasteiger partial charge in [0.1, 0.15) is 11.8 Å². The van der Waals surface area contributed by atoms with Gasteiger partial charge < -0.3 is 20.6 Å². The average molecular weight is 506 g/mol. The number of rotatable bonds is 9. The van der Waals surface area contributed by atoms with Gasteiger partial charge in [-0.05, 0) is 62.3 Å². The molecule has 6 nitrogen and oxygen atoms in total. The van der Waals surface area contributed by atoms with E-state index in [1.807, 2.05) is 19.0 Å². The molecule has 0 unspecified atom stereocenters. The first-order valence-electron chi connectivity index (χ1n) is 11.8. The molecule has 2 aromatic carbocycles. The van der Waals surface area contributed by atoms with Crippen LogP contribution in [0.5, 0.6) is 5.75 Å². The standard InChI is InChI=1S/C26H33Cl2N3O3/c1-31(2)13-12-29-26(34)23(14-17-6-4-3-5-7-17)30-25(33)19-9-11-24(32)20(15-19)18-8-10-21(27)22(28)16-18/h8-11,15-17,23,32H,3-7,12-14H2,1-2H3,(H,29,34)(H,30,33)/t23-/m0/s1. The Hall–Kier alpha value is -2.28. The molecule has 2 amide bonds. The minimum absolute atomic E-state index is 0.0233. The van der Waals surface area contributed by atoms with Gasteiger partial charge in [-0.1, -0.05) is 61.4 Å². The van der Waals surface area contributed by atoms with Crippen LogP contribution in [0.1, 0.15) is 48.9 Å². The van der Waals surface area contributed by atoms with Crippen LogP contribution in [0.25, 0.3) is 11.1 Å². The second-order valence-electron chi connectivity index (χ2n) is 9.22. The number of amides is 2. The Morgan fingerprint density at radius 2 is 1.79 bits per heavy atom. The van der Waals surface area contributed by atoms with E-state index in [-0.39, 0.29) is 17.6 Å². The predicted molar refractivity (Wildman–Crippen MR) is 138 cm³/mol. The lowest BCUT2D eigenvalue weighted by Gasteiger charge is -2.27. The first-order chi connectivity index (χ1) is 16.2. The highest BCUT2D eigenvalue weighted by molar-refractivity contribution is 6.42. The number of aromatic hydroxyl groups is 1. The molecule has 3 rings (SSSR count). The number of likely N-dealkylation sites (N-methyl/N-ethyl adjacent to an activating group) is 1. The summed E-state index contributed by atoms with van der Waals surface area (Å²) in [7, 11) is 3.90. The van der Waals surface area contributed by atoms with Crippen molar-refractivity contribution in [3.8, 4) is 16.9 Å². The molecule has 0 aromatic heterocycles. The summed E-state index contributed by atoms with van der Waals surface area (Å²) >= 11 is 12.1. The lowest BCUT2D eigenvalue weighted by Crippen LogP contribution is -2.49. The normalized spacial score (nSPS) is 15.2. The Morgan fingerprint density at radius 1 is 1.06 bits per heavy atom. The van der Waals surface area contributed by atoms with Crippen molar-refractivity contribution in [2.75, 3.05) is 27.2 Å².